The quantitative estimate of drug-likeness (QED) is 0.418. The Morgan fingerprint density at radius 1 is 1.06 bits per heavy atom. The zero-order valence-electron chi connectivity index (χ0n) is 19.2. The number of halogens is 3. The van der Waals surface area contributed by atoms with Gasteiger partial charge in [0.25, 0.3) is 5.91 Å². The van der Waals surface area contributed by atoms with Crippen molar-refractivity contribution in [1.29, 1.82) is 0 Å². The first-order valence-corrected chi connectivity index (χ1v) is 12.0. The second-order valence-electron chi connectivity index (χ2n) is 8.83. The lowest BCUT2D eigenvalue weighted by Crippen LogP contribution is -2.50. The Morgan fingerprint density at radius 3 is 2.47 bits per heavy atom. The third kappa shape index (κ3) is 5.09. The molecule has 3 heterocycles. The Bertz CT molecular complexity index is 1430. The van der Waals surface area contributed by atoms with Crippen LogP contribution in [0.4, 0.5) is 8.78 Å². The molecule has 6 nitrogen and oxygen atoms in total. The first-order chi connectivity index (χ1) is 17.4. The van der Waals surface area contributed by atoms with Crippen molar-refractivity contribution < 1.29 is 18.4 Å². The molecule has 184 valence electrons. The minimum Gasteiger partial charge on any atom is -0.340 e. The molecule has 36 heavy (non-hydrogen) atoms. The van der Waals surface area contributed by atoms with Crippen molar-refractivity contribution in [2.75, 3.05) is 13.1 Å². The van der Waals surface area contributed by atoms with E-state index < -0.39 is 23.6 Å². The van der Waals surface area contributed by atoms with E-state index in [-0.39, 0.29) is 23.6 Å². The number of aromatic amines is 1. The van der Waals surface area contributed by atoms with Crippen LogP contribution in [0, 0.1) is 11.6 Å². The van der Waals surface area contributed by atoms with Gasteiger partial charge >= 0.3 is 0 Å². The highest BCUT2D eigenvalue weighted by Gasteiger charge is 2.29. The number of H-pyrrole nitrogens is 1. The maximum absolute atomic E-state index is 14.5. The number of fused-ring (bicyclic) bond motifs is 2. The smallest absolute Gasteiger partial charge is 0.268 e. The molecule has 0 radical (unpaired) electrons. The number of hydrogen-bond acceptors (Lipinski definition) is 3. The van der Waals surface area contributed by atoms with E-state index in [0.717, 1.165) is 12.1 Å². The number of rotatable bonds is 5. The van der Waals surface area contributed by atoms with Crippen LogP contribution in [-0.4, -0.2) is 45.8 Å². The molecule has 0 aliphatic carbocycles. The minimum absolute atomic E-state index is 0.121. The molecule has 2 aromatic heterocycles. The molecular weight excluding hydrogens is 486 g/mol. The number of carbonyl (C=O) groups excluding carboxylic acids is 2. The second-order valence-corrected chi connectivity index (χ2v) is 9.27. The van der Waals surface area contributed by atoms with E-state index in [4.69, 9.17) is 11.6 Å². The Labute approximate surface area is 211 Å². The summed E-state index contributed by atoms with van der Waals surface area (Å²) < 4.78 is 28.0. The van der Waals surface area contributed by atoms with E-state index >= 15 is 0 Å². The highest BCUT2D eigenvalue weighted by atomic mass is 35.5. The number of amides is 2. The van der Waals surface area contributed by atoms with Crippen molar-refractivity contribution in [2.24, 2.45) is 0 Å². The van der Waals surface area contributed by atoms with Crippen molar-refractivity contribution in [3.05, 3.63) is 99.8 Å². The summed E-state index contributed by atoms with van der Waals surface area (Å²) >= 11 is 5.99. The molecule has 0 bridgehead atoms. The molecule has 1 atom stereocenters. The van der Waals surface area contributed by atoms with Gasteiger partial charge in [-0.25, -0.2) is 13.8 Å². The lowest BCUT2D eigenvalue weighted by molar-refractivity contribution is -0.133. The van der Waals surface area contributed by atoms with Crippen LogP contribution >= 0.6 is 11.6 Å². The van der Waals surface area contributed by atoms with Crippen LogP contribution in [0.2, 0.25) is 5.02 Å². The summed E-state index contributed by atoms with van der Waals surface area (Å²) in [5.41, 5.74) is 3.17. The van der Waals surface area contributed by atoms with E-state index in [0.29, 0.717) is 42.0 Å². The predicted molar refractivity (Wildman–Crippen MR) is 133 cm³/mol. The zero-order chi connectivity index (χ0) is 25.2. The maximum Gasteiger partial charge on any atom is 0.268 e. The lowest BCUT2D eigenvalue weighted by Gasteiger charge is -2.27. The van der Waals surface area contributed by atoms with Crippen LogP contribution in [0.5, 0.6) is 0 Å². The van der Waals surface area contributed by atoms with Gasteiger partial charge < -0.3 is 15.2 Å². The summed E-state index contributed by atoms with van der Waals surface area (Å²) in [7, 11) is 0. The standard InChI is InChI=1S/C27H23ClF2N4O2/c28-20-11-19-13-23(32-25(19)31-15-20)26(35)33-24(12-18-5-6-21(29)14-22(18)30)27(36)34-9-7-16-3-1-2-4-17(16)8-10-34/h1-6,11,13-15,24H,7-10,12H2,(H,31,32)(H,33,35)/t24-/m0/s1. The molecule has 2 aromatic carbocycles. The van der Waals surface area contributed by atoms with Crippen molar-refractivity contribution in [3.63, 3.8) is 0 Å². The average Bonchev–Trinajstić information content (AvgIpc) is 3.16. The van der Waals surface area contributed by atoms with Gasteiger partial charge in [-0.05, 0) is 47.7 Å². The van der Waals surface area contributed by atoms with Crippen LogP contribution in [0.25, 0.3) is 11.0 Å². The number of hydrogen-bond donors (Lipinski definition) is 2. The lowest BCUT2D eigenvalue weighted by atomic mass is 10.0. The number of pyridine rings is 1. The number of benzene rings is 2. The molecule has 1 aliphatic rings. The molecule has 2 amide bonds. The molecule has 2 N–H and O–H groups in total. The fourth-order valence-electron chi connectivity index (χ4n) is 4.56. The van der Waals surface area contributed by atoms with Crippen molar-refractivity contribution in [3.8, 4) is 0 Å². The summed E-state index contributed by atoms with van der Waals surface area (Å²) in [6.07, 6.45) is 2.71. The SMILES string of the molecule is O=C(N[C@@H](Cc1ccc(F)cc1F)C(=O)N1CCc2ccccc2CC1)c1cc2cc(Cl)cnc2[nH]1. The molecule has 0 unspecified atom stereocenters. The van der Waals surface area contributed by atoms with Crippen molar-refractivity contribution in [1.82, 2.24) is 20.2 Å². The zero-order valence-corrected chi connectivity index (χ0v) is 20.0. The second kappa shape index (κ2) is 10.1. The number of nitrogens with zero attached hydrogens (tertiary/aromatic N) is 2. The normalized spacial score (nSPS) is 14.2. The van der Waals surface area contributed by atoms with Crippen LogP contribution in [0.1, 0.15) is 27.2 Å². The van der Waals surface area contributed by atoms with E-state index in [1.54, 1.807) is 17.0 Å². The molecule has 4 aromatic rings. The van der Waals surface area contributed by atoms with Gasteiger partial charge in [0.15, 0.2) is 0 Å². The van der Waals surface area contributed by atoms with Gasteiger partial charge in [0.1, 0.15) is 29.0 Å². The Hall–Kier alpha value is -3.78. The van der Waals surface area contributed by atoms with E-state index in [1.165, 1.54) is 23.4 Å². The van der Waals surface area contributed by atoms with Crippen molar-refractivity contribution in [2.45, 2.75) is 25.3 Å². The van der Waals surface area contributed by atoms with Crippen LogP contribution < -0.4 is 5.32 Å². The fraction of sp³-hybridized carbons (Fsp3) is 0.222. The highest BCUT2D eigenvalue weighted by molar-refractivity contribution is 6.31. The third-order valence-electron chi connectivity index (χ3n) is 6.46. The van der Waals surface area contributed by atoms with E-state index in [1.807, 2.05) is 24.3 Å². The molecule has 5 rings (SSSR count). The Kier molecular flexibility index (Phi) is 6.69. The molecule has 0 spiro atoms. The number of aromatic nitrogens is 2. The molecule has 0 saturated carbocycles. The minimum atomic E-state index is -1.05. The monoisotopic (exact) mass is 508 g/mol. The van der Waals surface area contributed by atoms with Gasteiger partial charge in [-0.2, -0.15) is 0 Å². The highest BCUT2D eigenvalue weighted by Crippen LogP contribution is 2.20. The Morgan fingerprint density at radius 2 is 1.78 bits per heavy atom. The third-order valence-corrected chi connectivity index (χ3v) is 6.66. The summed E-state index contributed by atoms with van der Waals surface area (Å²) in [6.45, 7) is 0.950. The van der Waals surface area contributed by atoms with Crippen LogP contribution in [-0.2, 0) is 24.1 Å². The maximum atomic E-state index is 14.5. The first kappa shape index (κ1) is 23.9. The molecule has 9 heteroatoms. The first-order valence-electron chi connectivity index (χ1n) is 11.6. The number of nitrogens with one attached hydrogen (secondary N) is 2. The predicted octanol–water partition coefficient (Wildman–Crippen LogP) is 4.46. The van der Waals surface area contributed by atoms with E-state index in [2.05, 4.69) is 15.3 Å². The average molecular weight is 509 g/mol. The topological polar surface area (TPSA) is 78.1 Å². The summed E-state index contributed by atoms with van der Waals surface area (Å²) in [4.78, 5) is 35.6. The molecule has 1 aliphatic heterocycles. The van der Waals surface area contributed by atoms with Gasteiger partial charge in [0.05, 0.1) is 5.02 Å². The summed E-state index contributed by atoms with van der Waals surface area (Å²) in [6, 6.07) is 13.4. The van der Waals surface area contributed by atoms with Gasteiger partial charge in [-0.3, -0.25) is 9.59 Å². The van der Waals surface area contributed by atoms with Crippen molar-refractivity contribution >= 4 is 34.4 Å². The Balaban J connectivity index is 1.40. The van der Waals surface area contributed by atoms with Gasteiger partial charge in [-0.15, -0.1) is 0 Å². The largest absolute Gasteiger partial charge is 0.340 e. The molecular formula is C27H23ClF2N4O2. The van der Waals surface area contributed by atoms with Gasteiger partial charge in [0, 0.05) is 37.2 Å². The van der Waals surface area contributed by atoms with Gasteiger partial charge in [-0.1, -0.05) is 41.9 Å². The number of carbonyl (C=O) groups is 2. The summed E-state index contributed by atoms with van der Waals surface area (Å²) in [5.74, 6) is -2.34. The van der Waals surface area contributed by atoms with Crippen LogP contribution in [0.3, 0.4) is 0 Å². The fourth-order valence-corrected chi connectivity index (χ4v) is 4.73. The summed E-state index contributed by atoms with van der Waals surface area (Å²) in [5, 5.41) is 3.83. The van der Waals surface area contributed by atoms with Crippen LogP contribution in [0.15, 0.2) is 60.8 Å². The molecule has 0 saturated heterocycles. The van der Waals surface area contributed by atoms with Gasteiger partial charge in [0.2, 0.25) is 5.91 Å². The van der Waals surface area contributed by atoms with E-state index in [9.17, 15) is 18.4 Å². The molecule has 0 fully saturated rings.